The number of aromatic nitrogens is 1. The summed E-state index contributed by atoms with van der Waals surface area (Å²) in [6.45, 7) is 0. The summed E-state index contributed by atoms with van der Waals surface area (Å²) >= 11 is 0. The van der Waals surface area contributed by atoms with Crippen molar-refractivity contribution in [2.45, 2.75) is 4.90 Å². The molecule has 0 aliphatic heterocycles. The Morgan fingerprint density at radius 2 is 2.06 bits per heavy atom. The van der Waals surface area contributed by atoms with Gasteiger partial charge in [0.2, 0.25) is 0 Å². The van der Waals surface area contributed by atoms with E-state index < -0.39 is 21.1 Å². The van der Waals surface area contributed by atoms with Gasteiger partial charge in [0.1, 0.15) is 4.90 Å². The third-order valence-electron chi connectivity index (χ3n) is 2.17. The second kappa shape index (κ2) is 3.31. The molecule has 0 aliphatic rings. The third kappa shape index (κ3) is 1.54. The van der Waals surface area contributed by atoms with Crippen LogP contribution in [0.5, 0.6) is 0 Å². The minimum atomic E-state index is -4.85. The molecule has 1 aromatic heterocycles. The molecule has 2 N–H and O–H groups in total. The molecule has 84 valence electrons. The average molecular weight is 243 g/mol. The predicted octanol–water partition coefficient (Wildman–Crippen LogP) is 1.52. The van der Waals surface area contributed by atoms with Crippen LogP contribution < -0.4 is 0 Å². The number of H-pyrrole nitrogens is 1. The largest absolute Gasteiger partial charge is 0.478 e. The van der Waals surface area contributed by atoms with E-state index in [2.05, 4.69) is 4.98 Å². The van der Waals surface area contributed by atoms with Crippen molar-refractivity contribution in [3.8, 4) is 0 Å². The lowest BCUT2D eigenvalue weighted by molar-refractivity contribution is 0.0699. The van der Waals surface area contributed by atoms with Gasteiger partial charge in [0.05, 0.1) is 11.1 Å². The summed E-state index contributed by atoms with van der Waals surface area (Å²) < 4.78 is 34.3. The van der Waals surface area contributed by atoms with Crippen LogP contribution in [0.25, 0.3) is 10.9 Å². The molecule has 0 unspecified atom stereocenters. The molecule has 2 aromatic rings. The molecule has 0 saturated carbocycles. The van der Waals surface area contributed by atoms with Crippen LogP contribution in [0.3, 0.4) is 0 Å². The first-order valence-electron chi connectivity index (χ1n) is 4.19. The number of nitrogens with one attached hydrogen (secondary N) is 1. The second-order valence-electron chi connectivity index (χ2n) is 3.12. The summed E-state index contributed by atoms with van der Waals surface area (Å²) in [6, 6.07) is 3.99. The van der Waals surface area contributed by atoms with Gasteiger partial charge in [-0.15, -0.1) is 3.89 Å². The molecule has 0 aliphatic carbocycles. The summed E-state index contributed by atoms with van der Waals surface area (Å²) in [7, 11) is -4.85. The van der Waals surface area contributed by atoms with Gasteiger partial charge >= 0.3 is 16.2 Å². The van der Waals surface area contributed by atoms with E-state index >= 15 is 0 Å². The number of hydrogen-bond donors (Lipinski definition) is 2. The molecule has 16 heavy (non-hydrogen) atoms. The number of para-hydroxylation sites is 1. The molecule has 0 bridgehead atoms. The van der Waals surface area contributed by atoms with Gasteiger partial charge < -0.3 is 10.1 Å². The lowest BCUT2D eigenvalue weighted by Crippen LogP contribution is -1.97. The fourth-order valence-corrected chi connectivity index (χ4v) is 2.14. The van der Waals surface area contributed by atoms with Gasteiger partial charge in [-0.2, -0.15) is 8.42 Å². The highest BCUT2D eigenvalue weighted by atomic mass is 32.3. The zero-order chi connectivity index (χ0) is 11.9. The van der Waals surface area contributed by atoms with Crippen molar-refractivity contribution in [3.05, 3.63) is 30.0 Å². The summed E-state index contributed by atoms with van der Waals surface area (Å²) in [6.07, 6.45) is 0.937. The lowest BCUT2D eigenvalue weighted by atomic mass is 10.1. The predicted molar refractivity (Wildman–Crippen MR) is 53.6 cm³/mol. The number of fused-ring (bicyclic) bond motifs is 1. The van der Waals surface area contributed by atoms with Crippen molar-refractivity contribution in [1.82, 2.24) is 4.98 Å². The van der Waals surface area contributed by atoms with Gasteiger partial charge in [0, 0.05) is 11.6 Å². The van der Waals surface area contributed by atoms with E-state index in [-0.39, 0.29) is 16.5 Å². The Morgan fingerprint density at radius 3 is 2.62 bits per heavy atom. The summed E-state index contributed by atoms with van der Waals surface area (Å²) in [4.78, 5) is 12.7. The number of aromatic carboxylic acids is 1. The first-order chi connectivity index (χ1) is 7.41. The number of halogens is 1. The Kier molecular flexibility index (Phi) is 2.20. The highest BCUT2D eigenvalue weighted by Gasteiger charge is 2.20. The highest BCUT2D eigenvalue weighted by molar-refractivity contribution is 7.86. The topological polar surface area (TPSA) is 87.2 Å². The highest BCUT2D eigenvalue weighted by Crippen LogP contribution is 2.26. The smallest absolute Gasteiger partial charge is 0.337 e. The zero-order valence-electron chi connectivity index (χ0n) is 7.77. The van der Waals surface area contributed by atoms with Crippen LogP contribution in [0.4, 0.5) is 3.89 Å². The minimum Gasteiger partial charge on any atom is -0.478 e. The van der Waals surface area contributed by atoms with E-state index in [4.69, 9.17) is 5.11 Å². The summed E-state index contributed by atoms with van der Waals surface area (Å²) in [5, 5.41) is 8.86. The second-order valence-corrected chi connectivity index (χ2v) is 4.44. The number of benzene rings is 1. The SMILES string of the molecule is O=C(O)c1cccc2c(S(=O)(=O)F)c[nH]c12. The van der Waals surface area contributed by atoms with E-state index in [0.717, 1.165) is 6.20 Å². The number of rotatable bonds is 2. The number of hydrogen-bond acceptors (Lipinski definition) is 3. The van der Waals surface area contributed by atoms with Crippen molar-refractivity contribution in [2.24, 2.45) is 0 Å². The molecule has 1 heterocycles. The number of aromatic amines is 1. The van der Waals surface area contributed by atoms with Crippen LogP contribution in [-0.4, -0.2) is 24.5 Å². The Hall–Kier alpha value is -1.89. The molecule has 0 saturated heterocycles. The van der Waals surface area contributed by atoms with Crippen LogP contribution in [0.2, 0.25) is 0 Å². The van der Waals surface area contributed by atoms with Crippen LogP contribution >= 0.6 is 0 Å². The molecule has 7 heteroatoms. The maximum Gasteiger partial charge on any atom is 0.337 e. The fourth-order valence-electron chi connectivity index (χ4n) is 1.51. The van der Waals surface area contributed by atoms with Crippen molar-refractivity contribution in [2.75, 3.05) is 0 Å². The van der Waals surface area contributed by atoms with Crippen molar-refractivity contribution < 1.29 is 22.2 Å². The maximum absolute atomic E-state index is 12.8. The maximum atomic E-state index is 12.8. The Bertz CT molecular complexity index is 674. The van der Waals surface area contributed by atoms with Gasteiger partial charge in [0.15, 0.2) is 0 Å². The van der Waals surface area contributed by atoms with Crippen LogP contribution in [-0.2, 0) is 10.2 Å². The van der Waals surface area contributed by atoms with Crippen LogP contribution in [0, 0.1) is 0 Å². The lowest BCUT2D eigenvalue weighted by Gasteiger charge is -1.97. The molecule has 5 nitrogen and oxygen atoms in total. The molecule has 0 fully saturated rings. The Morgan fingerprint density at radius 1 is 1.38 bits per heavy atom. The minimum absolute atomic E-state index is 0.0300. The molecule has 2 rings (SSSR count). The average Bonchev–Trinajstić information content (AvgIpc) is 2.59. The molecule has 0 radical (unpaired) electrons. The Labute approximate surface area is 89.7 Å². The van der Waals surface area contributed by atoms with Gasteiger partial charge in [-0.25, -0.2) is 4.79 Å². The van der Waals surface area contributed by atoms with E-state index in [1.54, 1.807) is 0 Å². The van der Waals surface area contributed by atoms with Gasteiger partial charge in [-0.3, -0.25) is 0 Å². The van der Waals surface area contributed by atoms with Gasteiger partial charge in [0.25, 0.3) is 0 Å². The molecule has 0 atom stereocenters. The summed E-state index contributed by atoms with van der Waals surface area (Å²) in [5.41, 5.74) is -0.0152. The van der Waals surface area contributed by atoms with Gasteiger partial charge in [-0.1, -0.05) is 12.1 Å². The van der Waals surface area contributed by atoms with Gasteiger partial charge in [-0.05, 0) is 6.07 Å². The zero-order valence-corrected chi connectivity index (χ0v) is 8.58. The van der Waals surface area contributed by atoms with Crippen LogP contribution in [0.1, 0.15) is 10.4 Å². The van der Waals surface area contributed by atoms with E-state index in [1.807, 2.05) is 0 Å². The molecule has 0 spiro atoms. The monoisotopic (exact) mass is 243 g/mol. The summed E-state index contributed by atoms with van der Waals surface area (Å²) in [5.74, 6) is -1.21. The van der Waals surface area contributed by atoms with Crippen molar-refractivity contribution >= 4 is 27.1 Å². The number of carboxylic acids is 1. The van der Waals surface area contributed by atoms with Crippen LogP contribution in [0.15, 0.2) is 29.3 Å². The van der Waals surface area contributed by atoms with Crippen molar-refractivity contribution in [3.63, 3.8) is 0 Å². The van der Waals surface area contributed by atoms with E-state index in [0.29, 0.717) is 0 Å². The Balaban J connectivity index is 2.87. The number of carboxylic acid groups (broad SMARTS) is 1. The van der Waals surface area contributed by atoms with Crippen molar-refractivity contribution in [1.29, 1.82) is 0 Å². The number of carbonyl (C=O) groups is 1. The van der Waals surface area contributed by atoms with E-state index in [1.165, 1.54) is 18.2 Å². The molecular formula is C9H6FNO4S. The molecule has 0 amide bonds. The fraction of sp³-hybridized carbons (Fsp3) is 0. The third-order valence-corrected chi connectivity index (χ3v) is 3.03. The molecule has 1 aromatic carbocycles. The molecular weight excluding hydrogens is 237 g/mol. The van der Waals surface area contributed by atoms with E-state index in [9.17, 15) is 17.1 Å². The standard InChI is InChI=1S/C9H6FNO4S/c10-16(14,15)7-4-11-8-5(7)2-1-3-6(8)9(12)13/h1-4,11H,(H,12,13). The first kappa shape index (κ1) is 10.6. The quantitative estimate of drug-likeness (QED) is 0.783. The first-order valence-corrected chi connectivity index (χ1v) is 5.57. The normalized spacial score (nSPS) is 11.8.